The van der Waals surface area contributed by atoms with E-state index in [-0.39, 0.29) is 11.8 Å². The minimum atomic E-state index is -0.566. The van der Waals surface area contributed by atoms with Crippen LogP contribution < -0.4 is 14.8 Å². The third-order valence-electron chi connectivity index (χ3n) is 6.64. The molecule has 0 bridgehead atoms. The molecule has 174 valence electrons. The van der Waals surface area contributed by atoms with Crippen molar-refractivity contribution in [2.24, 2.45) is 0 Å². The number of benzene rings is 3. The maximum atomic E-state index is 13.9. The van der Waals surface area contributed by atoms with E-state index in [0.29, 0.717) is 30.0 Å². The van der Waals surface area contributed by atoms with Crippen molar-refractivity contribution in [3.8, 4) is 11.5 Å². The van der Waals surface area contributed by atoms with Gasteiger partial charge in [0.2, 0.25) is 5.91 Å². The zero-order valence-electron chi connectivity index (χ0n) is 19.3. The fourth-order valence-electron chi connectivity index (χ4n) is 5.06. The van der Waals surface area contributed by atoms with Gasteiger partial charge in [0.15, 0.2) is 11.5 Å². The minimum Gasteiger partial charge on any atom is -0.493 e. The predicted octanol–water partition coefficient (Wildman–Crippen LogP) is 4.90. The number of nitrogens with zero attached hydrogens (tertiary/aromatic N) is 1. The molecular weight excluding hydrogens is 448 g/mol. The van der Waals surface area contributed by atoms with Gasteiger partial charge in [0, 0.05) is 22.7 Å². The fourth-order valence-corrected chi connectivity index (χ4v) is 5.52. The Kier molecular flexibility index (Phi) is 5.96. The third kappa shape index (κ3) is 3.70. The van der Waals surface area contributed by atoms with E-state index in [2.05, 4.69) is 5.32 Å². The summed E-state index contributed by atoms with van der Waals surface area (Å²) in [5, 5.41) is 3.11. The molecular formula is C27H26N2O4S. The second kappa shape index (κ2) is 9.06. The molecule has 2 aliphatic heterocycles. The second-order valence-electron chi connectivity index (χ2n) is 8.39. The summed E-state index contributed by atoms with van der Waals surface area (Å²) >= 11 is 1.62. The Morgan fingerprint density at radius 2 is 1.76 bits per heavy atom. The number of ether oxygens (including phenoxy) is 2. The van der Waals surface area contributed by atoms with Crippen molar-refractivity contribution in [3.63, 3.8) is 0 Å². The first-order chi connectivity index (χ1) is 16.5. The summed E-state index contributed by atoms with van der Waals surface area (Å²) in [6.45, 7) is 0.534. The number of hydrogen-bond donors (Lipinski definition) is 1. The molecule has 0 spiro atoms. The molecule has 0 fully saturated rings. The first-order valence-corrected chi connectivity index (χ1v) is 12.4. The fraction of sp³-hybridized carbons (Fsp3) is 0.259. The first-order valence-electron chi connectivity index (χ1n) is 11.1. The van der Waals surface area contributed by atoms with Gasteiger partial charge in [-0.05, 0) is 65.8 Å². The second-order valence-corrected chi connectivity index (χ2v) is 9.27. The summed E-state index contributed by atoms with van der Waals surface area (Å²) in [5.41, 5.74) is 4.05. The number of nitrogens with one attached hydrogen (secondary N) is 1. The molecule has 2 aliphatic rings. The van der Waals surface area contributed by atoms with Gasteiger partial charge in [0.05, 0.1) is 26.2 Å². The number of thioether (sulfide) groups is 1. The topological polar surface area (TPSA) is 67.9 Å². The van der Waals surface area contributed by atoms with Crippen LogP contribution in [0.3, 0.4) is 0 Å². The number of hydrogen-bond acceptors (Lipinski definition) is 5. The van der Waals surface area contributed by atoms with Crippen molar-refractivity contribution >= 4 is 29.3 Å². The molecule has 7 heteroatoms. The monoisotopic (exact) mass is 474 g/mol. The SMILES string of the molecule is COc1cc2c(cc1OC)[C@@H]1[C@@H](C(=O)Nc3cccc(SC)c3)c3ccccc3C(=O)N1CC2. The summed E-state index contributed by atoms with van der Waals surface area (Å²) in [6.07, 6.45) is 2.69. The lowest BCUT2D eigenvalue weighted by atomic mass is 9.75. The van der Waals surface area contributed by atoms with Crippen molar-refractivity contribution in [2.45, 2.75) is 23.3 Å². The third-order valence-corrected chi connectivity index (χ3v) is 7.37. The van der Waals surface area contributed by atoms with Gasteiger partial charge in [-0.2, -0.15) is 0 Å². The van der Waals surface area contributed by atoms with Crippen LogP contribution in [0.1, 0.15) is 39.0 Å². The minimum absolute atomic E-state index is 0.0468. The molecule has 6 nitrogen and oxygen atoms in total. The van der Waals surface area contributed by atoms with Crippen LogP contribution in [0.4, 0.5) is 5.69 Å². The maximum absolute atomic E-state index is 13.9. The molecule has 0 radical (unpaired) electrons. The van der Waals surface area contributed by atoms with Gasteiger partial charge in [-0.1, -0.05) is 24.3 Å². The number of carbonyl (C=O) groups excluding carboxylic acids is 2. The van der Waals surface area contributed by atoms with E-state index in [1.165, 1.54) is 0 Å². The summed E-state index contributed by atoms with van der Waals surface area (Å²) in [4.78, 5) is 30.3. The number of carbonyl (C=O) groups is 2. The smallest absolute Gasteiger partial charge is 0.254 e. The van der Waals surface area contributed by atoms with Gasteiger partial charge in [0.25, 0.3) is 5.91 Å². The van der Waals surface area contributed by atoms with E-state index >= 15 is 0 Å². The Balaban J connectivity index is 1.64. The van der Waals surface area contributed by atoms with Crippen LogP contribution in [0, 0.1) is 0 Å². The zero-order valence-corrected chi connectivity index (χ0v) is 20.1. The molecule has 0 saturated heterocycles. The van der Waals surface area contributed by atoms with Gasteiger partial charge in [-0.15, -0.1) is 11.8 Å². The van der Waals surface area contributed by atoms with Crippen LogP contribution in [-0.2, 0) is 11.2 Å². The van der Waals surface area contributed by atoms with E-state index in [0.717, 1.165) is 27.3 Å². The largest absolute Gasteiger partial charge is 0.493 e. The highest BCUT2D eigenvalue weighted by Crippen LogP contribution is 2.48. The molecule has 3 aromatic carbocycles. The highest BCUT2D eigenvalue weighted by atomic mass is 32.2. The lowest BCUT2D eigenvalue weighted by Gasteiger charge is -2.45. The highest BCUT2D eigenvalue weighted by Gasteiger charge is 2.46. The molecule has 0 unspecified atom stereocenters. The molecule has 2 atom stereocenters. The molecule has 0 aromatic heterocycles. The van der Waals surface area contributed by atoms with E-state index in [4.69, 9.17) is 9.47 Å². The quantitative estimate of drug-likeness (QED) is 0.533. The van der Waals surface area contributed by atoms with Gasteiger partial charge < -0.3 is 19.7 Å². The normalized spacial score (nSPS) is 18.4. The summed E-state index contributed by atoms with van der Waals surface area (Å²) in [5.74, 6) is 0.475. The average molecular weight is 475 g/mol. The molecule has 0 aliphatic carbocycles. The summed E-state index contributed by atoms with van der Waals surface area (Å²) in [6, 6.07) is 18.7. The van der Waals surface area contributed by atoms with E-state index in [1.54, 1.807) is 26.0 Å². The highest BCUT2D eigenvalue weighted by molar-refractivity contribution is 7.98. The van der Waals surface area contributed by atoms with Gasteiger partial charge in [-0.3, -0.25) is 9.59 Å². The molecule has 1 N–H and O–H groups in total. The van der Waals surface area contributed by atoms with Crippen molar-refractivity contribution in [1.29, 1.82) is 0 Å². The number of fused-ring (bicyclic) bond motifs is 4. The first kappa shape index (κ1) is 22.3. The number of rotatable bonds is 5. The zero-order chi connectivity index (χ0) is 23.8. The van der Waals surface area contributed by atoms with Crippen molar-refractivity contribution in [1.82, 2.24) is 4.90 Å². The van der Waals surface area contributed by atoms with Crippen LogP contribution in [-0.4, -0.2) is 43.7 Å². The van der Waals surface area contributed by atoms with Gasteiger partial charge in [0.1, 0.15) is 0 Å². The Bertz CT molecular complexity index is 1280. The van der Waals surface area contributed by atoms with E-state index < -0.39 is 12.0 Å². The number of amides is 2. The Labute approximate surface area is 203 Å². The lowest BCUT2D eigenvalue weighted by molar-refractivity contribution is -0.119. The van der Waals surface area contributed by atoms with Crippen molar-refractivity contribution < 1.29 is 19.1 Å². The molecule has 5 rings (SSSR count). The Hall–Kier alpha value is -3.45. The van der Waals surface area contributed by atoms with E-state index in [9.17, 15) is 9.59 Å². The molecule has 0 saturated carbocycles. The molecule has 3 aromatic rings. The van der Waals surface area contributed by atoms with Gasteiger partial charge >= 0.3 is 0 Å². The van der Waals surface area contributed by atoms with Crippen LogP contribution >= 0.6 is 11.8 Å². The number of methoxy groups -OCH3 is 2. The van der Waals surface area contributed by atoms with Gasteiger partial charge in [-0.25, -0.2) is 0 Å². The molecule has 2 heterocycles. The van der Waals surface area contributed by atoms with Crippen molar-refractivity contribution in [3.05, 3.63) is 82.9 Å². The Morgan fingerprint density at radius 3 is 2.53 bits per heavy atom. The molecule has 2 amide bonds. The van der Waals surface area contributed by atoms with Crippen molar-refractivity contribution in [2.75, 3.05) is 32.3 Å². The maximum Gasteiger partial charge on any atom is 0.254 e. The predicted molar refractivity (Wildman–Crippen MR) is 133 cm³/mol. The van der Waals surface area contributed by atoms with Crippen LogP contribution in [0.25, 0.3) is 0 Å². The van der Waals surface area contributed by atoms with Crippen LogP contribution in [0.5, 0.6) is 11.5 Å². The standard InChI is InChI=1S/C27H26N2O4S/c1-32-22-13-16-11-12-29-25(21(16)15-23(22)33-2)24(19-9-4-5-10-20(19)27(29)31)26(30)28-17-7-6-8-18(14-17)34-3/h4-10,13-15,24-25H,11-12H2,1-3H3,(H,28,30)/t24-,25+/m0/s1. The number of anilines is 1. The van der Waals surface area contributed by atoms with Crippen LogP contribution in [0.2, 0.25) is 0 Å². The van der Waals surface area contributed by atoms with Crippen LogP contribution in [0.15, 0.2) is 65.6 Å². The average Bonchev–Trinajstić information content (AvgIpc) is 2.88. The summed E-state index contributed by atoms with van der Waals surface area (Å²) in [7, 11) is 3.20. The molecule has 34 heavy (non-hydrogen) atoms. The lowest BCUT2D eigenvalue weighted by Crippen LogP contribution is -2.49. The Morgan fingerprint density at radius 1 is 1.00 bits per heavy atom. The summed E-state index contributed by atoms with van der Waals surface area (Å²) < 4.78 is 11.1. The van der Waals surface area contributed by atoms with E-state index in [1.807, 2.05) is 71.8 Å².